The summed E-state index contributed by atoms with van der Waals surface area (Å²) in [4.78, 5) is 6.25. The fourth-order valence-electron chi connectivity index (χ4n) is 2.07. The van der Waals surface area contributed by atoms with Crippen LogP contribution in [-0.4, -0.2) is 12.0 Å². The molecule has 1 atom stereocenters. The maximum Gasteiger partial charge on any atom is 0.0427 e. The molecule has 0 radical (unpaired) electrons. The minimum Gasteiger partial charge on any atom is -0.370 e. The molecule has 0 aliphatic rings. The van der Waals surface area contributed by atoms with Crippen molar-refractivity contribution < 1.29 is 0 Å². The summed E-state index contributed by atoms with van der Waals surface area (Å²) in [6, 6.07) is 12.7. The second kappa shape index (κ2) is 6.34. The van der Waals surface area contributed by atoms with Crippen molar-refractivity contribution in [2.45, 2.75) is 25.9 Å². The summed E-state index contributed by atoms with van der Waals surface area (Å²) in [7, 11) is 2.09. The van der Waals surface area contributed by atoms with Gasteiger partial charge in [0, 0.05) is 37.7 Å². The van der Waals surface area contributed by atoms with Crippen LogP contribution < -0.4 is 10.6 Å². The highest BCUT2D eigenvalue weighted by atomic mass is 15.1. The molecule has 0 spiro atoms. The molecule has 2 rings (SSSR count). The number of hydrogen-bond acceptors (Lipinski definition) is 3. The van der Waals surface area contributed by atoms with Gasteiger partial charge in [0.1, 0.15) is 0 Å². The van der Waals surface area contributed by atoms with E-state index in [2.05, 4.69) is 48.1 Å². The molecule has 0 saturated carbocycles. The lowest BCUT2D eigenvalue weighted by molar-refractivity contribution is 0.698. The highest BCUT2D eigenvalue weighted by Gasteiger charge is 2.05. The minimum atomic E-state index is 0.138. The number of nitrogens with zero attached hydrogens (tertiary/aromatic N) is 2. The van der Waals surface area contributed by atoms with Crippen molar-refractivity contribution in [3.63, 3.8) is 0 Å². The Balaban J connectivity index is 2.05. The van der Waals surface area contributed by atoms with Crippen molar-refractivity contribution in [1.82, 2.24) is 4.98 Å². The summed E-state index contributed by atoms with van der Waals surface area (Å²) in [5.41, 5.74) is 9.68. The normalized spacial score (nSPS) is 12.2. The van der Waals surface area contributed by atoms with E-state index in [9.17, 15) is 0 Å². The summed E-state index contributed by atoms with van der Waals surface area (Å²) in [6.45, 7) is 2.98. The molecule has 1 aromatic carbocycles. The second-order valence-electron chi connectivity index (χ2n) is 4.82. The van der Waals surface area contributed by atoms with Crippen LogP contribution in [-0.2, 0) is 6.54 Å². The van der Waals surface area contributed by atoms with Crippen LogP contribution in [0.5, 0.6) is 0 Å². The van der Waals surface area contributed by atoms with Gasteiger partial charge in [-0.05, 0) is 41.8 Å². The molecule has 0 aliphatic heterocycles. The lowest BCUT2D eigenvalue weighted by Crippen LogP contribution is -2.16. The highest BCUT2D eigenvalue weighted by Crippen LogP contribution is 2.20. The van der Waals surface area contributed by atoms with Crippen molar-refractivity contribution >= 4 is 5.69 Å². The van der Waals surface area contributed by atoms with Gasteiger partial charge in [-0.3, -0.25) is 4.98 Å². The van der Waals surface area contributed by atoms with E-state index in [4.69, 9.17) is 5.73 Å². The van der Waals surface area contributed by atoms with Crippen molar-refractivity contribution in [1.29, 1.82) is 0 Å². The highest BCUT2D eigenvalue weighted by molar-refractivity contribution is 5.47. The third-order valence-corrected chi connectivity index (χ3v) is 3.37. The average Bonchev–Trinajstić information content (AvgIpc) is 2.47. The van der Waals surface area contributed by atoms with E-state index >= 15 is 0 Å². The predicted molar refractivity (Wildman–Crippen MR) is 80.0 cm³/mol. The number of anilines is 1. The lowest BCUT2D eigenvalue weighted by atomic mass is 10.1. The van der Waals surface area contributed by atoms with Crippen LogP contribution in [0, 0.1) is 0 Å². The first-order valence-corrected chi connectivity index (χ1v) is 6.66. The van der Waals surface area contributed by atoms with Gasteiger partial charge < -0.3 is 10.6 Å². The van der Waals surface area contributed by atoms with E-state index in [1.54, 1.807) is 0 Å². The van der Waals surface area contributed by atoms with Crippen molar-refractivity contribution in [3.8, 4) is 0 Å². The summed E-state index contributed by atoms with van der Waals surface area (Å²) in [6.07, 6.45) is 4.62. The molecule has 3 nitrogen and oxygen atoms in total. The third-order valence-electron chi connectivity index (χ3n) is 3.37. The first-order valence-electron chi connectivity index (χ1n) is 6.66. The van der Waals surface area contributed by atoms with Crippen LogP contribution in [0.3, 0.4) is 0 Å². The summed E-state index contributed by atoms with van der Waals surface area (Å²) in [5.74, 6) is 0. The summed E-state index contributed by atoms with van der Waals surface area (Å²) in [5, 5.41) is 0. The maximum absolute atomic E-state index is 6.02. The Morgan fingerprint density at radius 3 is 2.32 bits per heavy atom. The van der Waals surface area contributed by atoms with Crippen LogP contribution >= 0.6 is 0 Å². The zero-order chi connectivity index (χ0) is 13.7. The molecular weight excluding hydrogens is 234 g/mol. The number of nitrogens with two attached hydrogens (primary N) is 1. The van der Waals surface area contributed by atoms with Crippen LogP contribution in [0.4, 0.5) is 5.69 Å². The molecule has 0 aliphatic carbocycles. The number of benzene rings is 1. The van der Waals surface area contributed by atoms with Gasteiger partial charge in [-0.25, -0.2) is 0 Å². The quantitative estimate of drug-likeness (QED) is 0.892. The Bertz CT molecular complexity index is 493. The predicted octanol–water partition coefficient (Wildman–Crippen LogP) is 3.13. The van der Waals surface area contributed by atoms with Gasteiger partial charge >= 0.3 is 0 Å². The fraction of sp³-hybridized carbons (Fsp3) is 0.312. The molecule has 0 unspecified atom stereocenters. The molecule has 0 bridgehead atoms. The van der Waals surface area contributed by atoms with E-state index in [-0.39, 0.29) is 6.04 Å². The van der Waals surface area contributed by atoms with Gasteiger partial charge in [0.15, 0.2) is 0 Å². The molecule has 0 amide bonds. The second-order valence-corrected chi connectivity index (χ2v) is 4.82. The average molecular weight is 255 g/mol. The molecule has 1 heterocycles. The van der Waals surface area contributed by atoms with E-state index in [0.29, 0.717) is 0 Å². The number of pyridine rings is 1. The molecule has 2 aromatic rings. The van der Waals surface area contributed by atoms with E-state index in [1.165, 1.54) is 16.8 Å². The summed E-state index contributed by atoms with van der Waals surface area (Å²) >= 11 is 0. The number of aromatic nitrogens is 1. The molecule has 0 fully saturated rings. The molecule has 100 valence electrons. The Hall–Kier alpha value is -1.87. The van der Waals surface area contributed by atoms with Crippen molar-refractivity contribution in [2.75, 3.05) is 11.9 Å². The molecular formula is C16H21N3. The minimum absolute atomic E-state index is 0.138. The fourth-order valence-corrected chi connectivity index (χ4v) is 2.07. The Morgan fingerprint density at radius 2 is 1.74 bits per heavy atom. The SMILES string of the molecule is CC[C@@H](N)c1ccc(N(C)Cc2ccncc2)cc1. The standard InChI is InChI=1S/C16H21N3/c1-3-16(17)14-4-6-15(7-5-14)19(2)12-13-8-10-18-11-9-13/h4-11,16H,3,12,17H2,1-2H3/t16-/m1/s1. The van der Waals surface area contributed by atoms with Gasteiger partial charge in [-0.2, -0.15) is 0 Å². The Morgan fingerprint density at radius 1 is 1.11 bits per heavy atom. The first kappa shape index (κ1) is 13.6. The van der Waals surface area contributed by atoms with Crippen molar-refractivity contribution in [2.24, 2.45) is 5.73 Å². The summed E-state index contributed by atoms with van der Waals surface area (Å²) < 4.78 is 0. The Kier molecular flexibility index (Phi) is 4.53. The smallest absolute Gasteiger partial charge is 0.0427 e. The molecule has 19 heavy (non-hydrogen) atoms. The van der Waals surface area contributed by atoms with E-state index in [1.807, 2.05) is 24.5 Å². The zero-order valence-electron chi connectivity index (χ0n) is 11.6. The van der Waals surface area contributed by atoms with E-state index in [0.717, 1.165) is 13.0 Å². The van der Waals surface area contributed by atoms with Crippen LogP contribution in [0.25, 0.3) is 0 Å². The largest absolute Gasteiger partial charge is 0.370 e. The van der Waals surface area contributed by atoms with E-state index < -0.39 is 0 Å². The van der Waals surface area contributed by atoms with Crippen LogP contribution in [0.1, 0.15) is 30.5 Å². The zero-order valence-corrected chi connectivity index (χ0v) is 11.6. The molecule has 3 heteroatoms. The monoisotopic (exact) mass is 255 g/mol. The molecule has 1 aromatic heterocycles. The van der Waals surface area contributed by atoms with Gasteiger partial charge in [0.05, 0.1) is 0 Å². The first-order chi connectivity index (χ1) is 9.20. The third kappa shape index (κ3) is 3.55. The van der Waals surface area contributed by atoms with Crippen molar-refractivity contribution in [3.05, 3.63) is 59.9 Å². The van der Waals surface area contributed by atoms with Crippen LogP contribution in [0.15, 0.2) is 48.8 Å². The number of hydrogen-bond donors (Lipinski definition) is 1. The van der Waals surface area contributed by atoms with Gasteiger partial charge in [0.2, 0.25) is 0 Å². The Labute approximate surface area is 115 Å². The van der Waals surface area contributed by atoms with Gasteiger partial charge in [-0.15, -0.1) is 0 Å². The molecule has 2 N–H and O–H groups in total. The lowest BCUT2D eigenvalue weighted by Gasteiger charge is -2.20. The van der Waals surface area contributed by atoms with Gasteiger partial charge in [0.25, 0.3) is 0 Å². The number of rotatable bonds is 5. The van der Waals surface area contributed by atoms with Crippen LogP contribution in [0.2, 0.25) is 0 Å². The molecule has 0 saturated heterocycles. The maximum atomic E-state index is 6.02. The topological polar surface area (TPSA) is 42.1 Å². The van der Waals surface area contributed by atoms with Gasteiger partial charge in [-0.1, -0.05) is 19.1 Å².